The van der Waals surface area contributed by atoms with Crippen LogP contribution in [0.1, 0.15) is 0 Å². The zero-order chi connectivity index (χ0) is 9.19. The van der Waals surface area contributed by atoms with Crippen molar-refractivity contribution in [2.75, 3.05) is 6.26 Å². The van der Waals surface area contributed by atoms with Gasteiger partial charge < -0.3 is 12.9 Å². The van der Waals surface area contributed by atoms with Crippen LogP contribution in [0.15, 0.2) is 17.3 Å². The Bertz CT molecular complexity index is 265. The Morgan fingerprint density at radius 2 is 1.69 bits per heavy atom. The quantitative estimate of drug-likeness (QED) is 0.447. The Labute approximate surface area is 121 Å². The van der Waals surface area contributed by atoms with Crippen LogP contribution in [0.25, 0.3) is 0 Å². The Morgan fingerprint density at radius 1 is 1.23 bits per heavy atom. The van der Waals surface area contributed by atoms with Gasteiger partial charge in [0, 0.05) is 17.3 Å². The summed E-state index contributed by atoms with van der Waals surface area (Å²) in [7, 11) is 0. The third kappa shape index (κ3) is 4.30. The summed E-state index contributed by atoms with van der Waals surface area (Å²) in [6.07, 6.45) is 4.08. The maximum atomic E-state index is 12.0. The van der Waals surface area contributed by atoms with Gasteiger partial charge in [0.05, 0.1) is 5.72 Å². The van der Waals surface area contributed by atoms with E-state index in [1.807, 2.05) is 0 Å². The minimum Gasteiger partial charge on any atom is -0.443 e. The van der Waals surface area contributed by atoms with Gasteiger partial charge in [-0.3, -0.25) is 9.97 Å². The number of thioether (sulfide) groups is 1. The first-order chi connectivity index (χ1) is 5.54. The van der Waals surface area contributed by atoms with Crippen LogP contribution in [0.2, 0.25) is 0 Å². The SMILES string of the molecule is CSc1cnc([B-](F)(F)F)nc1.[K+]. The number of hydrogen-bond acceptors (Lipinski definition) is 3. The molecule has 0 aliphatic rings. The minimum atomic E-state index is -5.06. The Balaban J connectivity index is 0.00000144. The summed E-state index contributed by atoms with van der Waals surface area (Å²) in [4.78, 5) is 7.01. The molecule has 2 nitrogen and oxygen atoms in total. The van der Waals surface area contributed by atoms with Gasteiger partial charge in [-0.1, -0.05) is 0 Å². The summed E-state index contributed by atoms with van der Waals surface area (Å²) < 4.78 is 35.9. The normalized spacial score (nSPS) is 10.8. The van der Waals surface area contributed by atoms with E-state index in [0.29, 0.717) is 4.90 Å². The molecule has 0 spiro atoms. The van der Waals surface area contributed by atoms with Gasteiger partial charge in [-0.2, -0.15) is 0 Å². The Morgan fingerprint density at radius 3 is 2.00 bits per heavy atom. The summed E-state index contributed by atoms with van der Waals surface area (Å²) in [6, 6.07) is 0. The molecule has 1 aromatic rings. The monoisotopic (exact) mass is 232 g/mol. The number of rotatable bonds is 2. The molecule has 66 valence electrons. The molecule has 0 bridgehead atoms. The number of aromatic nitrogens is 2. The van der Waals surface area contributed by atoms with Gasteiger partial charge in [-0.25, -0.2) is 0 Å². The van der Waals surface area contributed by atoms with Crippen molar-refractivity contribution >= 4 is 24.5 Å². The van der Waals surface area contributed by atoms with Gasteiger partial charge in [-0.05, 0) is 6.26 Å². The van der Waals surface area contributed by atoms with E-state index in [9.17, 15) is 12.9 Å². The summed E-state index contributed by atoms with van der Waals surface area (Å²) in [5.41, 5.74) is -1.03. The van der Waals surface area contributed by atoms with Crippen LogP contribution in [-0.4, -0.2) is 23.2 Å². The van der Waals surface area contributed by atoms with Crippen LogP contribution in [0.4, 0.5) is 12.9 Å². The average molecular weight is 232 g/mol. The first kappa shape index (κ1) is 13.9. The van der Waals surface area contributed by atoms with Crippen LogP contribution >= 0.6 is 11.8 Å². The van der Waals surface area contributed by atoms with E-state index in [2.05, 4.69) is 9.97 Å². The second kappa shape index (κ2) is 5.72. The molecule has 0 radical (unpaired) electrons. The molecule has 0 atom stereocenters. The molecular formula is C5H5BF3KN2S. The van der Waals surface area contributed by atoms with Gasteiger partial charge in [0.1, 0.15) is 0 Å². The van der Waals surface area contributed by atoms with Crippen molar-refractivity contribution < 1.29 is 64.3 Å². The molecule has 0 aliphatic carbocycles. The molecule has 8 heteroatoms. The van der Waals surface area contributed by atoms with E-state index in [4.69, 9.17) is 0 Å². The second-order valence-electron chi connectivity index (χ2n) is 2.06. The Kier molecular flexibility index (Phi) is 6.12. The summed E-state index contributed by atoms with van der Waals surface area (Å²) >= 11 is 1.30. The second-order valence-corrected chi connectivity index (χ2v) is 2.94. The molecule has 13 heavy (non-hydrogen) atoms. The topological polar surface area (TPSA) is 25.8 Å². The van der Waals surface area contributed by atoms with Crippen molar-refractivity contribution in [2.24, 2.45) is 0 Å². The van der Waals surface area contributed by atoms with Crippen LogP contribution in [-0.2, 0) is 0 Å². The van der Waals surface area contributed by atoms with E-state index >= 15 is 0 Å². The first-order valence-electron chi connectivity index (χ1n) is 3.10. The van der Waals surface area contributed by atoms with Gasteiger partial charge in [0.25, 0.3) is 0 Å². The van der Waals surface area contributed by atoms with Crippen LogP contribution in [0.5, 0.6) is 0 Å². The molecule has 1 aromatic heterocycles. The third-order valence-corrected chi connectivity index (χ3v) is 1.86. The molecule has 1 rings (SSSR count). The summed E-state index contributed by atoms with van der Waals surface area (Å²) in [6.45, 7) is -5.06. The van der Waals surface area contributed by atoms with E-state index in [0.717, 1.165) is 0 Å². The van der Waals surface area contributed by atoms with Gasteiger partial charge >= 0.3 is 58.4 Å². The minimum absolute atomic E-state index is 0. The van der Waals surface area contributed by atoms with Crippen LogP contribution in [0, 0.1) is 0 Å². The molecule has 0 saturated heterocycles. The fourth-order valence-electron chi connectivity index (χ4n) is 0.601. The van der Waals surface area contributed by atoms with E-state index in [1.165, 1.54) is 24.2 Å². The van der Waals surface area contributed by atoms with Crippen molar-refractivity contribution in [3.05, 3.63) is 12.4 Å². The first-order valence-corrected chi connectivity index (χ1v) is 4.32. The molecule has 0 amide bonds. The molecule has 0 N–H and O–H groups in total. The van der Waals surface area contributed by atoms with Crippen molar-refractivity contribution in [1.82, 2.24) is 9.97 Å². The fourth-order valence-corrected chi connectivity index (χ4v) is 0.917. The van der Waals surface area contributed by atoms with Crippen molar-refractivity contribution in [2.45, 2.75) is 4.90 Å². The molecule has 0 aliphatic heterocycles. The van der Waals surface area contributed by atoms with Gasteiger partial charge in [0.15, 0.2) is 0 Å². The fraction of sp³-hybridized carbons (Fsp3) is 0.200. The van der Waals surface area contributed by atoms with Gasteiger partial charge in [-0.15, -0.1) is 11.8 Å². The molecule has 0 unspecified atom stereocenters. The predicted octanol–water partition coefficient (Wildman–Crippen LogP) is -1.74. The summed E-state index contributed by atoms with van der Waals surface area (Å²) in [5, 5.41) is 0. The molecule has 0 fully saturated rings. The van der Waals surface area contributed by atoms with E-state index in [1.54, 1.807) is 6.26 Å². The van der Waals surface area contributed by atoms with Crippen molar-refractivity contribution in [3.8, 4) is 0 Å². The summed E-state index contributed by atoms with van der Waals surface area (Å²) in [5.74, 6) is 0. The number of hydrogen-bond donors (Lipinski definition) is 0. The zero-order valence-corrected chi connectivity index (χ0v) is 11.1. The van der Waals surface area contributed by atoms with Crippen LogP contribution < -0.4 is 57.1 Å². The van der Waals surface area contributed by atoms with Gasteiger partial charge in [0.2, 0.25) is 0 Å². The third-order valence-electron chi connectivity index (χ3n) is 1.18. The molecular weight excluding hydrogens is 227 g/mol. The maximum absolute atomic E-state index is 12.0. The molecule has 0 saturated carbocycles. The van der Waals surface area contributed by atoms with Crippen molar-refractivity contribution in [3.63, 3.8) is 0 Å². The average Bonchev–Trinajstić information content (AvgIpc) is 2.03. The van der Waals surface area contributed by atoms with E-state index in [-0.39, 0.29) is 51.4 Å². The molecule has 0 aromatic carbocycles. The standard InChI is InChI=1S/C5H5BF3N2S.K/c1-12-4-2-10-5(11-3-4)6(7,8)9;/h2-3H,1H3;/q-1;+1. The smallest absolute Gasteiger partial charge is 0.443 e. The largest absolute Gasteiger partial charge is 1.00 e. The zero-order valence-electron chi connectivity index (χ0n) is 7.17. The van der Waals surface area contributed by atoms with Crippen LogP contribution in [0.3, 0.4) is 0 Å². The number of nitrogens with zero attached hydrogens (tertiary/aromatic N) is 2. The number of halogens is 3. The maximum Gasteiger partial charge on any atom is 1.00 e. The molecule has 1 heterocycles. The van der Waals surface area contributed by atoms with E-state index < -0.39 is 12.7 Å². The predicted molar refractivity (Wildman–Crippen MR) is 42.5 cm³/mol. The van der Waals surface area contributed by atoms with Crippen molar-refractivity contribution in [1.29, 1.82) is 0 Å². The Hall–Kier alpha value is 0.921.